The van der Waals surface area contributed by atoms with Gasteiger partial charge in [-0.15, -0.1) is 0 Å². The van der Waals surface area contributed by atoms with Crippen LogP contribution in [0.1, 0.15) is 19.4 Å². The van der Waals surface area contributed by atoms with Crippen molar-refractivity contribution in [3.8, 4) is 0 Å². The Labute approximate surface area is 137 Å². The van der Waals surface area contributed by atoms with E-state index in [9.17, 15) is 14.0 Å². The van der Waals surface area contributed by atoms with E-state index < -0.39 is 23.5 Å². The topological polar surface area (TPSA) is 65.1 Å². The van der Waals surface area contributed by atoms with Crippen LogP contribution in [0, 0.1) is 5.82 Å². The molecule has 0 spiro atoms. The summed E-state index contributed by atoms with van der Waals surface area (Å²) in [7, 11) is 1.29. The highest BCUT2D eigenvalue weighted by Crippen LogP contribution is 2.26. The van der Waals surface area contributed by atoms with E-state index in [1.54, 1.807) is 13.8 Å². The van der Waals surface area contributed by atoms with Crippen LogP contribution in [0.3, 0.4) is 0 Å². The zero-order chi connectivity index (χ0) is 17.2. The number of carbonyl (C=O) groups is 2. The third-order valence-corrected chi connectivity index (χ3v) is 3.22. The zero-order valence-electron chi connectivity index (χ0n) is 12.8. The van der Waals surface area contributed by atoms with Crippen LogP contribution in [0.5, 0.6) is 0 Å². The molecule has 1 heterocycles. The number of amides is 1. The minimum Gasteiger partial charge on any atom is -0.445 e. The summed E-state index contributed by atoms with van der Waals surface area (Å²) in [5.41, 5.74) is 0.556. The predicted octanol–water partition coefficient (Wildman–Crippen LogP) is 2.56. The summed E-state index contributed by atoms with van der Waals surface area (Å²) in [6, 6.07) is 4.04. The number of esters is 1. The number of benzene rings is 1. The molecule has 1 fully saturated rings. The largest absolute Gasteiger partial charge is 0.445 e. The Bertz CT molecular complexity index is 674. The predicted molar refractivity (Wildman–Crippen MR) is 78.3 cm³/mol. The molecule has 1 aromatic carbocycles. The third-order valence-electron chi connectivity index (χ3n) is 2.93. The summed E-state index contributed by atoms with van der Waals surface area (Å²) in [6.45, 7) is 3.10. The highest BCUT2D eigenvalue weighted by atomic mass is 35.5. The molecule has 1 amide bonds. The maximum absolute atomic E-state index is 13.1. The molecule has 6 nitrogen and oxygen atoms in total. The lowest BCUT2D eigenvalue weighted by Gasteiger charge is -2.18. The molecule has 0 aromatic heterocycles. The van der Waals surface area contributed by atoms with Gasteiger partial charge in [0.2, 0.25) is 11.5 Å². The van der Waals surface area contributed by atoms with Gasteiger partial charge in [-0.3, -0.25) is 9.63 Å². The molecule has 1 aliphatic heterocycles. The number of nitrogens with zero attached hydrogens (tertiary/aromatic N) is 1. The second-order valence-corrected chi connectivity index (χ2v) is 5.61. The summed E-state index contributed by atoms with van der Waals surface area (Å²) in [4.78, 5) is 28.7. The van der Waals surface area contributed by atoms with Crippen LogP contribution in [-0.4, -0.2) is 29.8 Å². The quantitative estimate of drug-likeness (QED) is 0.477. The minimum absolute atomic E-state index is 0.0115. The van der Waals surface area contributed by atoms with E-state index in [4.69, 9.17) is 25.9 Å². The van der Waals surface area contributed by atoms with Gasteiger partial charge in [0.25, 0.3) is 5.91 Å². The van der Waals surface area contributed by atoms with E-state index in [0.29, 0.717) is 5.56 Å². The first-order valence-corrected chi connectivity index (χ1v) is 7.03. The fraction of sp³-hybridized carbons (Fsp3) is 0.333. The van der Waals surface area contributed by atoms with Gasteiger partial charge < -0.3 is 9.47 Å². The summed E-state index contributed by atoms with van der Waals surface area (Å²) < 4.78 is 23.3. The Kier molecular flexibility index (Phi) is 4.91. The second kappa shape index (κ2) is 6.55. The van der Waals surface area contributed by atoms with Crippen molar-refractivity contribution in [2.75, 3.05) is 7.11 Å². The number of halogens is 2. The van der Waals surface area contributed by atoms with E-state index in [1.165, 1.54) is 25.3 Å². The molecule has 1 aliphatic rings. The standard InChI is InChI=1S/C15H15ClFNO5/c1-15(2)22-12(14(20)23-15)7-13(19)18(21-3)8-9-4-5-11(17)10(16)6-9/h4-7H,8H2,1-3H3. The van der Waals surface area contributed by atoms with E-state index >= 15 is 0 Å². The molecule has 0 saturated carbocycles. The van der Waals surface area contributed by atoms with Crippen LogP contribution < -0.4 is 0 Å². The average molecular weight is 344 g/mol. The van der Waals surface area contributed by atoms with E-state index in [-0.39, 0.29) is 17.3 Å². The van der Waals surface area contributed by atoms with Crippen LogP contribution >= 0.6 is 11.6 Å². The van der Waals surface area contributed by atoms with Crippen molar-refractivity contribution in [2.45, 2.75) is 26.2 Å². The van der Waals surface area contributed by atoms with Crippen molar-refractivity contribution in [3.05, 3.63) is 46.4 Å². The van der Waals surface area contributed by atoms with Crippen molar-refractivity contribution in [1.82, 2.24) is 5.06 Å². The maximum atomic E-state index is 13.1. The first-order valence-electron chi connectivity index (χ1n) is 6.65. The Morgan fingerprint density at radius 1 is 1.43 bits per heavy atom. The summed E-state index contributed by atoms with van der Waals surface area (Å²) in [6.07, 6.45) is 0.978. The Hall–Kier alpha value is -2.12. The van der Waals surface area contributed by atoms with Gasteiger partial charge in [-0.05, 0) is 17.7 Å². The monoisotopic (exact) mass is 343 g/mol. The van der Waals surface area contributed by atoms with Crippen LogP contribution in [0.4, 0.5) is 4.39 Å². The molecule has 0 radical (unpaired) electrons. The maximum Gasteiger partial charge on any atom is 0.377 e. The summed E-state index contributed by atoms with van der Waals surface area (Å²) in [5, 5.41) is 0.909. The van der Waals surface area contributed by atoms with Crippen LogP contribution in [0.2, 0.25) is 5.02 Å². The van der Waals surface area contributed by atoms with Crippen molar-refractivity contribution < 1.29 is 28.3 Å². The minimum atomic E-state index is -1.12. The van der Waals surface area contributed by atoms with Gasteiger partial charge in [0, 0.05) is 13.8 Å². The smallest absolute Gasteiger partial charge is 0.377 e. The molecular formula is C15H15ClFNO5. The average Bonchev–Trinajstić information content (AvgIpc) is 2.72. The molecule has 0 atom stereocenters. The van der Waals surface area contributed by atoms with Gasteiger partial charge in [0.1, 0.15) is 5.82 Å². The summed E-state index contributed by atoms with van der Waals surface area (Å²) >= 11 is 5.70. The normalized spacial score (nSPS) is 17.8. The number of rotatable bonds is 4. The lowest BCUT2D eigenvalue weighted by molar-refractivity contribution is -0.173. The molecule has 0 aliphatic carbocycles. The number of carbonyl (C=O) groups excluding carboxylic acids is 2. The molecule has 1 saturated heterocycles. The summed E-state index contributed by atoms with van der Waals surface area (Å²) in [5.74, 6) is -3.25. The molecule has 0 bridgehead atoms. The van der Waals surface area contributed by atoms with Crippen molar-refractivity contribution >= 4 is 23.5 Å². The van der Waals surface area contributed by atoms with Crippen LogP contribution in [-0.2, 0) is 30.4 Å². The van der Waals surface area contributed by atoms with Gasteiger partial charge in [0.05, 0.1) is 24.8 Å². The fourth-order valence-electron chi connectivity index (χ4n) is 1.91. The van der Waals surface area contributed by atoms with Crippen LogP contribution in [0.25, 0.3) is 0 Å². The fourth-order valence-corrected chi connectivity index (χ4v) is 2.11. The molecule has 124 valence electrons. The third kappa shape index (κ3) is 4.20. The molecule has 0 N–H and O–H groups in total. The van der Waals surface area contributed by atoms with Gasteiger partial charge in [-0.25, -0.2) is 14.2 Å². The van der Waals surface area contributed by atoms with Gasteiger partial charge in [-0.2, -0.15) is 0 Å². The van der Waals surface area contributed by atoms with Crippen LogP contribution in [0.15, 0.2) is 30.0 Å². The van der Waals surface area contributed by atoms with Crippen molar-refractivity contribution in [1.29, 1.82) is 0 Å². The highest BCUT2D eigenvalue weighted by molar-refractivity contribution is 6.30. The highest BCUT2D eigenvalue weighted by Gasteiger charge is 2.38. The SMILES string of the molecule is CON(Cc1ccc(F)c(Cl)c1)C(=O)C=C1OC(C)(C)OC1=O. The van der Waals surface area contributed by atoms with Gasteiger partial charge >= 0.3 is 5.97 Å². The van der Waals surface area contributed by atoms with E-state index in [0.717, 1.165) is 11.1 Å². The number of cyclic esters (lactones) is 1. The Balaban J connectivity index is 2.13. The van der Waals surface area contributed by atoms with Crippen molar-refractivity contribution in [2.24, 2.45) is 0 Å². The van der Waals surface area contributed by atoms with E-state index in [1.807, 2.05) is 0 Å². The molecule has 0 unspecified atom stereocenters. The molecular weight excluding hydrogens is 329 g/mol. The zero-order valence-corrected chi connectivity index (χ0v) is 13.5. The Morgan fingerprint density at radius 3 is 2.65 bits per heavy atom. The number of ether oxygens (including phenoxy) is 2. The molecule has 23 heavy (non-hydrogen) atoms. The number of hydrogen-bond acceptors (Lipinski definition) is 5. The second-order valence-electron chi connectivity index (χ2n) is 5.21. The molecule has 1 aromatic rings. The lowest BCUT2D eigenvalue weighted by Crippen LogP contribution is -2.28. The number of hydroxylamine groups is 2. The van der Waals surface area contributed by atoms with Gasteiger partial charge in [0.15, 0.2) is 0 Å². The first kappa shape index (κ1) is 17.2. The molecule has 8 heteroatoms. The van der Waals surface area contributed by atoms with Gasteiger partial charge in [-0.1, -0.05) is 17.7 Å². The Morgan fingerprint density at radius 2 is 2.13 bits per heavy atom. The first-order chi connectivity index (χ1) is 10.7. The lowest BCUT2D eigenvalue weighted by atomic mass is 10.2. The van der Waals surface area contributed by atoms with E-state index in [2.05, 4.69) is 0 Å². The molecule has 2 rings (SSSR count). The number of hydrogen-bond donors (Lipinski definition) is 0. The van der Waals surface area contributed by atoms with Crippen molar-refractivity contribution in [3.63, 3.8) is 0 Å².